The van der Waals surface area contributed by atoms with E-state index in [1.165, 1.54) is 6.07 Å². The Morgan fingerprint density at radius 1 is 1.42 bits per heavy atom. The molecule has 0 radical (unpaired) electrons. The van der Waals surface area contributed by atoms with Crippen molar-refractivity contribution in [1.29, 1.82) is 0 Å². The van der Waals surface area contributed by atoms with Crippen LogP contribution >= 0.6 is 0 Å². The predicted molar refractivity (Wildman–Crippen MR) is 47.0 cm³/mol. The minimum atomic E-state index is -0.353. The van der Waals surface area contributed by atoms with Crippen LogP contribution < -0.4 is 4.90 Å². The van der Waals surface area contributed by atoms with E-state index in [-0.39, 0.29) is 5.82 Å². The first kappa shape index (κ1) is 8.54. The summed E-state index contributed by atoms with van der Waals surface area (Å²) in [6.45, 7) is 6.66. The molecule has 2 nitrogen and oxygen atoms in total. The van der Waals surface area contributed by atoms with Crippen LogP contribution in [0.25, 0.3) is 4.85 Å². The van der Waals surface area contributed by atoms with Crippen molar-refractivity contribution in [3.8, 4) is 0 Å². The molecular weight excluding hydrogens is 155 g/mol. The van der Waals surface area contributed by atoms with Gasteiger partial charge in [0.05, 0.1) is 12.3 Å². The smallest absolute Gasteiger partial charge is 0.190 e. The second kappa shape index (κ2) is 3.22. The molecule has 0 aliphatic heterocycles. The topological polar surface area (TPSA) is 7.60 Å². The Morgan fingerprint density at radius 2 is 2.08 bits per heavy atom. The van der Waals surface area contributed by atoms with Gasteiger partial charge in [0.1, 0.15) is 5.82 Å². The molecule has 12 heavy (non-hydrogen) atoms. The van der Waals surface area contributed by atoms with Crippen LogP contribution in [0.2, 0.25) is 0 Å². The lowest BCUT2D eigenvalue weighted by atomic mass is 10.2. The van der Waals surface area contributed by atoms with Gasteiger partial charge in [-0.25, -0.2) is 9.24 Å². The third-order valence-corrected chi connectivity index (χ3v) is 1.54. The Bertz CT molecular complexity index is 326. The van der Waals surface area contributed by atoms with Gasteiger partial charge in [-0.2, -0.15) is 0 Å². The van der Waals surface area contributed by atoms with Gasteiger partial charge in [0.15, 0.2) is 5.69 Å². The molecule has 0 spiro atoms. The summed E-state index contributed by atoms with van der Waals surface area (Å²) in [7, 11) is 3.52. The Morgan fingerprint density at radius 3 is 2.50 bits per heavy atom. The normalized spacial score (nSPS) is 9.17. The molecule has 0 aromatic heterocycles. The maximum Gasteiger partial charge on any atom is 0.190 e. The zero-order chi connectivity index (χ0) is 9.14. The fourth-order valence-corrected chi connectivity index (χ4v) is 0.928. The van der Waals surface area contributed by atoms with Gasteiger partial charge in [0.2, 0.25) is 0 Å². The summed E-state index contributed by atoms with van der Waals surface area (Å²) < 4.78 is 13.1. The molecule has 3 heteroatoms. The number of hydrogen-bond acceptors (Lipinski definition) is 1. The number of anilines is 1. The van der Waals surface area contributed by atoms with Crippen LogP contribution in [0.4, 0.5) is 15.8 Å². The van der Waals surface area contributed by atoms with Crippen LogP contribution in [-0.4, -0.2) is 14.1 Å². The van der Waals surface area contributed by atoms with Crippen molar-refractivity contribution < 1.29 is 4.39 Å². The lowest BCUT2D eigenvalue weighted by molar-refractivity contribution is 0.627. The van der Waals surface area contributed by atoms with Gasteiger partial charge in [0, 0.05) is 14.1 Å². The van der Waals surface area contributed by atoms with Gasteiger partial charge in [-0.05, 0) is 12.1 Å². The molecule has 1 aromatic carbocycles. The van der Waals surface area contributed by atoms with E-state index >= 15 is 0 Å². The van der Waals surface area contributed by atoms with Gasteiger partial charge < -0.3 is 4.90 Å². The third-order valence-electron chi connectivity index (χ3n) is 1.54. The first-order valence-corrected chi connectivity index (χ1v) is 3.49. The maximum absolute atomic E-state index is 13.1. The number of halogens is 1. The molecule has 0 saturated heterocycles. The summed E-state index contributed by atoms with van der Waals surface area (Å²) >= 11 is 0. The second-order valence-electron chi connectivity index (χ2n) is 2.64. The van der Waals surface area contributed by atoms with E-state index < -0.39 is 0 Å². The number of hydrogen-bond donors (Lipinski definition) is 0. The number of nitrogens with zero attached hydrogens (tertiary/aromatic N) is 2. The van der Waals surface area contributed by atoms with E-state index in [1.807, 2.05) is 0 Å². The van der Waals surface area contributed by atoms with Crippen molar-refractivity contribution >= 4 is 11.4 Å². The van der Waals surface area contributed by atoms with E-state index in [0.717, 1.165) is 0 Å². The summed E-state index contributed by atoms with van der Waals surface area (Å²) in [4.78, 5) is 4.79. The summed E-state index contributed by atoms with van der Waals surface area (Å²) in [6, 6.07) is 4.44. The Hall–Kier alpha value is -1.56. The van der Waals surface area contributed by atoms with Crippen LogP contribution in [-0.2, 0) is 0 Å². The zero-order valence-electron chi connectivity index (χ0n) is 7.00. The fourth-order valence-electron chi connectivity index (χ4n) is 0.928. The molecule has 62 valence electrons. The van der Waals surface area contributed by atoms with E-state index in [0.29, 0.717) is 11.4 Å². The van der Waals surface area contributed by atoms with Crippen LogP contribution in [0.1, 0.15) is 0 Å². The highest BCUT2D eigenvalue weighted by molar-refractivity contribution is 5.55. The maximum atomic E-state index is 13.1. The lowest BCUT2D eigenvalue weighted by Crippen LogP contribution is -2.10. The standard InChI is InChI=1S/C9H9FN2/c1-11-7-4-5-9(12(2)3)8(10)6-7/h4-6H,2-3H3. The molecule has 0 fully saturated rings. The number of rotatable bonds is 1. The minimum absolute atomic E-state index is 0.332. The Kier molecular flexibility index (Phi) is 2.29. The molecule has 0 saturated carbocycles. The van der Waals surface area contributed by atoms with Crippen LogP contribution in [0.3, 0.4) is 0 Å². The largest absolute Gasteiger partial charge is 0.375 e. The highest BCUT2D eigenvalue weighted by atomic mass is 19.1. The molecular formula is C9H9FN2. The molecule has 0 bridgehead atoms. The molecule has 0 unspecified atom stereocenters. The van der Waals surface area contributed by atoms with Crippen molar-refractivity contribution in [2.75, 3.05) is 19.0 Å². The van der Waals surface area contributed by atoms with Crippen molar-refractivity contribution in [3.63, 3.8) is 0 Å². The number of benzene rings is 1. The van der Waals surface area contributed by atoms with E-state index in [2.05, 4.69) is 4.85 Å². The predicted octanol–water partition coefficient (Wildman–Crippen LogP) is 2.44. The van der Waals surface area contributed by atoms with Crippen molar-refractivity contribution in [3.05, 3.63) is 35.4 Å². The molecule has 0 amide bonds. The zero-order valence-corrected chi connectivity index (χ0v) is 7.00. The van der Waals surface area contributed by atoms with Gasteiger partial charge in [0.25, 0.3) is 0 Å². The van der Waals surface area contributed by atoms with Crippen molar-refractivity contribution in [2.24, 2.45) is 0 Å². The van der Waals surface area contributed by atoms with E-state index in [9.17, 15) is 4.39 Å². The summed E-state index contributed by atoms with van der Waals surface area (Å²) in [5.41, 5.74) is 0.834. The minimum Gasteiger partial charge on any atom is -0.375 e. The average molecular weight is 164 g/mol. The molecule has 1 rings (SSSR count). The van der Waals surface area contributed by atoms with Gasteiger partial charge in [-0.1, -0.05) is 6.07 Å². The molecule has 0 heterocycles. The second-order valence-corrected chi connectivity index (χ2v) is 2.64. The van der Waals surface area contributed by atoms with E-state index in [4.69, 9.17) is 6.57 Å². The Balaban J connectivity index is 3.14. The SMILES string of the molecule is [C-]#[N+]c1ccc(N(C)C)c(F)c1. The molecule has 1 aromatic rings. The molecule has 0 atom stereocenters. The van der Waals surface area contributed by atoms with Crippen molar-refractivity contribution in [2.45, 2.75) is 0 Å². The fraction of sp³-hybridized carbons (Fsp3) is 0.222. The summed E-state index contributed by atoms with van der Waals surface area (Å²) in [6.07, 6.45) is 0. The van der Waals surface area contributed by atoms with Crippen LogP contribution in [0.15, 0.2) is 18.2 Å². The first-order valence-electron chi connectivity index (χ1n) is 3.49. The molecule has 0 aliphatic carbocycles. The summed E-state index contributed by atoms with van der Waals surface area (Å²) in [5, 5.41) is 0. The quantitative estimate of drug-likeness (QED) is 0.578. The van der Waals surface area contributed by atoms with Gasteiger partial charge in [-0.3, -0.25) is 0 Å². The monoisotopic (exact) mass is 164 g/mol. The van der Waals surface area contributed by atoms with Crippen molar-refractivity contribution in [1.82, 2.24) is 0 Å². The van der Waals surface area contributed by atoms with Crippen LogP contribution in [0.5, 0.6) is 0 Å². The third kappa shape index (κ3) is 1.54. The van der Waals surface area contributed by atoms with Gasteiger partial charge in [-0.15, -0.1) is 0 Å². The van der Waals surface area contributed by atoms with Gasteiger partial charge >= 0.3 is 0 Å². The highest BCUT2D eigenvalue weighted by Gasteiger charge is 2.03. The Labute approximate surface area is 71.1 Å². The highest BCUT2D eigenvalue weighted by Crippen LogP contribution is 2.22. The molecule has 0 aliphatic rings. The average Bonchev–Trinajstić information content (AvgIpc) is 2.03. The summed E-state index contributed by atoms with van der Waals surface area (Å²) in [5.74, 6) is -0.353. The lowest BCUT2D eigenvalue weighted by Gasteiger charge is -2.12. The first-order chi connectivity index (χ1) is 5.65. The van der Waals surface area contributed by atoms with Crippen LogP contribution in [0, 0.1) is 12.4 Å². The van der Waals surface area contributed by atoms with E-state index in [1.54, 1.807) is 31.1 Å². The molecule has 0 N–H and O–H groups in total.